The van der Waals surface area contributed by atoms with Gasteiger partial charge in [-0.05, 0) is 61.8 Å². The number of fused-ring (bicyclic) bond motifs is 1. The van der Waals surface area contributed by atoms with Gasteiger partial charge in [0.05, 0.1) is 6.54 Å². The quantitative estimate of drug-likeness (QED) is 0.395. The molecule has 16 heteroatoms. The second-order valence-electron chi connectivity index (χ2n) is 12.0. The summed E-state index contributed by atoms with van der Waals surface area (Å²) in [4.78, 5) is 46.1. The smallest absolute Gasteiger partial charge is 0.250 e. The molecule has 1 N–H and O–H groups in total. The van der Waals surface area contributed by atoms with Crippen molar-refractivity contribution < 1.29 is 31.2 Å². The molecule has 12 nitrogen and oxygen atoms in total. The topological polar surface area (TPSA) is 144 Å². The van der Waals surface area contributed by atoms with Gasteiger partial charge >= 0.3 is 0 Å². The summed E-state index contributed by atoms with van der Waals surface area (Å²) in [6.07, 6.45) is 4.36. The zero-order valence-electron chi connectivity index (χ0n) is 24.8. The maximum Gasteiger partial charge on any atom is 0.250 e. The van der Waals surface area contributed by atoms with Gasteiger partial charge < -0.3 is 14.7 Å². The van der Waals surface area contributed by atoms with E-state index in [4.69, 9.17) is 11.6 Å². The van der Waals surface area contributed by atoms with Crippen LogP contribution in [0.15, 0.2) is 28.5 Å². The van der Waals surface area contributed by atoms with Crippen LogP contribution < -0.4 is 4.72 Å². The fourth-order valence-electron chi connectivity index (χ4n) is 6.30. The Kier molecular flexibility index (Phi) is 9.93. The number of carbonyl (C=O) groups excluding carboxylic acids is 3. The van der Waals surface area contributed by atoms with Crippen molar-refractivity contribution in [1.29, 1.82) is 0 Å². The highest BCUT2D eigenvalue weighted by Crippen LogP contribution is 2.31. The van der Waals surface area contributed by atoms with E-state index in [9.17, 15) is 31.2 Å². The van der Waals surface area contributed by atoms with E-state index in [0.29, 0.717) is 49.4 Å². The molecule has 2 aromatic rings. The third kappa shape index (κ3) is 7.73. The predicted molar refractivity (Wildman–Crippen MR) is 169 cm³/mol. The fourth-order valence-corrected chi connectivity index (χ4v) is 9.76. The third-order valence-electron chi connectivity index (χ3n) is 8.62. The van der Waals surface area contributed by atoms with Crippen molar-refractivity contribution in [2.24, 2.45) is 0 Å². The van der Waals surface area contributed by atoms with Crippen LogP contribution in [0, 0.1) is 0 Å². The first-order chi connectivity index (χ1) is 20.7. The molecule has 3 fully saturated rings. The second-order valence-corrected chi connectivity index (χ2v) is 17.6. The van der Waals surface area contributed by atoms with Gasteiger partial charge in [0.25, 0.3) is 10.0 Å². The SMILES string of the molecule is CN(C(=O)CS(C)(=O)=O)C1CCN(CC2CCCN2C(=O)CN2CCCC(NS(=O)(=O)c3cc4cc(Cl)ccc4s3)C2=O)C1. The zero-order valence-corrected chi connectivity index (χ0v) is 28.0. The van der Waals surface area contributed by atoms with E-state index < -0.39 is 43.5 Å². The first kappa shape index (κ1) is 33.1. The average Bonchev–Trinajstić information content (AvgIpc) is 3.69. The molecule has 1 aromatic carbocycles. The average molecular weight is 688 g/mol. The van der Waals surface area contributed by atoms with Gasteiger partial charge in [0.2, 0.25) is 17.7 Å². The molecule has 0 spiro atoms. The van der Waals surface area contributed by atoms with E-state index in [0.717, 1.165) is 48.1 Å². The summed E-state index contributed by atoms with van der Waals surface area (Å²) in [5.74, 6) is -1.50. The summed E-state index contributed by atoms with van der Waals surface area (Å²) in [6, 6.07) is 5.62. The van der Waals surface area contributed by atoms with Gasteiger partial charge in [0.15, 0.2) is 9.84 Å². The number of carbonyl (C=O) groups is 3. The van der Waals surface area contributed by atoms with Crippen LogP contribution in [0.3, 0.4) is 0 Å². The van der Waals surface area contributed by atoms with Crippen LogP contribution in [0.25, 0.3) is 10.1 Å². The van der Waals surface area contributed by atoms with Gasteiger partial charge in [0, 0.05) is 67.8 Å². The molecule has 3 aliphatic rings. The van der Waals surface area contributed by atoms with Gasteiger partial charge in [-0.25, -0.2) is 16.8 Å². The van der Waals surface area contributed by atoms with Gasteiger partial charge in [-0.1, -0.05) is 11.6 Å². The Labute approximate surface area is 267 Å². The number of benzene rings is 1. The summed E-state index contributed by atoms with van der Waals surface area (Å²) in [5, 5.41) is 1.22. The van der Waals surface area contributed by atoms with Crippen LogP contribution in [-0.4, -0.2) is 131 Å². The molecule has 5 rings (SSSR count). The number of likely N-dealkylation sites (tertiary alicyclic amines) is 3. The molecule has 4 heterocycles. The number of sulfonamides is 1. The summed E-state index contributed by atoms with van der Waals surface area (Å²) >= 11 is 7.15. The first-order valence-electron chi connectivity index (χ1n) is 14.7. The number of rotatable bonds is 10. The van der Waals surface area contributed by atoms with Crippen LogP contribution in [0.5, 0.6) is 0 Å². The Hall–Kier alpha value is -2.30. The van der Waals surface area contributed by atoms with Crippen molar-refractivity contribution >= 4 is 70.6 Å². The number of hydrogen-bond donors (Lipinski definition) is 1. The van der Waals surface area contributed by atoms with Crippen LogP contribution in [-0.2, 0) is 34.2 Å². The van der Waals surface area contributed by atoms with Crippen molar-refractivity contribution in [2.45, 2.75) is 54.4 Å². The van der Waals surface area contributed by atoms with Crippen LogP contribution in [0.2, 0.25) is 5.02 Å². The number of amides is 3. The van der Waals surface area contributed by atoms with E-state index in [1.54, 1.807) is 31.3 Å². The number of hydrogen-bond acceptors (Lipinski definition) is 9. The third-order valence-corrected chi connectivity index (χ3v) is 12.7. The van der Waals surface area contributed by atoms with Crippen molar-refractivity contribution in [2.75, 3.05) is 58.3 Å². The molecule has 3 aliphatic heterocycles. The lowest BCUT2D eigenvalue weighted by molar-refractivity contribution is -0.143. The minimum atomic E-state index is -3.96. The highest BCUT2D eigenvalue weighted by molar-refractivity contribution is 7.92. The van der Waals surface area contributed by atoms with E-state index in [1.807, 2.05) is 4.90 Å². The molecule has 0 aliphatic carbocycles. The minimum Gasteiger partial charge on any atom is -0.341 e. The molecule has 0 radical (unpaired) electrons. The first-order valence-corrected chi connectivity index (χ1v) is 19.4. The lowest BCUT2D eigenvalue weighted by Crippen LogP contribution is -2.55. The number of piperidine rings is 1. The largest absolute Gasteiger partial charge is 0.341 e. The molecular formula is C28H38ClN5O7S3. The van der Waals surface area contributed by atoms with E-state index in [-0.39, 0.29) is 28.7 Å². The fraction of sp³-hybridized carbons (Fsp3) is 0.607. The summed E-state index contributed by atoms with van der Waals surface area (Å²) < 4.78 is 52.9. The van der Waals surface area contributed by atoms with Crippen LogP contribution in [0.4, 0.5) is 0 Å². The Bertz CT molecular complexity index is 1650. The molecule has 1 aromatic heterocycles. The molecule has 3 amide bonds. The Balaban J connectivity index is 1.15. The highest BCUT2D eigenvalue weighted by atomic mass is 35.5. The normalized spacial score (nSPS) is 23.5. The molecule has 0 saturated carbocycles. The van der Waals surface area contributed by atoms with Crippen LogP contribution in [0.1, 0.15) is 32.1 Å². The van der Waals surface area contributed by atoms with E-state index >= 15 is 0 Å². The van der Waals surface area contributed by atoms with Gasteiger partial charge in [-0.15, -0.1) is 11.3 Å². The number of sulfone groups is 1. The maximum atomic E-state index is 13.4. The van der Waals surface area contributed by atoms with Gasteiger partial charge in [-0.3, -0.25) is 19.3 Å². The zero-order chi connectivity index (χ0) is 31.8. The number of nitrogens with zero attached hydrogens (tertiary/aromatic N) is 4. The lowest BCUT2D eigenvalue weighted by atomic mass is 10.1. The van der Waals surface area contributed by atoms with Crippen LogP contribution >= 0.6 is 22.9 Å². The van der Waals surface area contributed by atoms with Gasteiger partial charge in [-0.2, -0.15) is 4.72 Å². The predicted octanol–water partition coefficient (Wildman–Crippen LogP) is 1.39. The van der Waals surface area contributed by atoms with Gasteiger partial charge in [0.1, 0.15) is 16.0 Å². The molecule has 3 atom stereocenters. The van der Waals surface area contributed by atoms with Crippen molar-refractivity contribution in [1.82, 2.24) is 24.3 Å². The Morgan fingerprint density at radius 2 is 1.82 bits per heavy atom. The molecule has 3 unspecified atom stereocenters. The lowest BCUT2D eigenvalue weighted by Gasteiger charge is -2.35. The summed E-state index contributed by atoms with van der Waals surface area (Å²) in [6.45, 7) is 2.82. The molecular weight excluding hydrogens is 650 g/mol. The minimum absolute atomic E-state index is 0.0334. The van der Waals surface area contributed by atoms with Crippen molar-refractivity contribution in [3.63, 3.8) is 0 Å². The van der Waals surface area contributed by atoms with Crippen molar-refractivity contribution in [3.05, 3.63) is 29.3 Å². The van der Waals surface area contributed by atoms with E-state index in [1.165, 1.54) is 9.80 Å². The summed E-state index contributed by atoms with van der Waals surface area (Å²) in [7, 11) is -5.74. The van der Waals surface area contributed by atoms with E-state index in [2.05, 4.69) is 9.62 Å². The summed E-state index contributed by atoms with van der Waals surface area (Å²) in [5.41, 5.74) is 0. The molecule has 242 valence electrons. The monoisotopic (exact) mass is 687 g/mol. The number of nitrogens with one attached hydrogen (secondary N) is 1. The number of halogens is 1. The number of thiophene rings is 1. The molecule has 0 bridgehead atoms. The Morgan fingerprint density at radius 3 is 2.57 bits per heavy atom. The van der Waals surface area contributed by atoms with Crippen molar-refractivity contribution in [3.8, 4) is 0 Å². The number of likely N-dealkylation sites (N-methyl/N-ethyl adjacent to an activating group) is 1. The Morgan fingerprint density at radius 1 is 1.07 bits per heavy atom. The maximum absolute atomic E-state index is 13.4. The molecule has 3 saturated heterocycles. The highest BCUT2D eigenvalue weighted by Gasteiger charge is 2.38. The molecule has 44 heavy (non-hydrogen) atoms. The standard InChI is InChI=1S/C28H38ClN5O7S3/c1-31(26(36)18-43(2,38)39)21-9-12-32(15-21)16-22-5-3-11-34(22)25(35)17-33-10-4-6-23(28(33)37)30-44(40,41)27-14-19-13-20(29)7-8-24(19)42-27/h7-8,13-14,21-23,30H,3-6,9-12,15-18H2,1-2H3. The second kappa shape index (κ2) is 13.2.